The molecule has 7 heteroatoms. The first-order valence-corrected chi connectivity index (χ1v) is 8.28. The number of rotatable bonds is 7. The first-order valence-electron chi connectivity index (χ1n) is 7.91. The van der Waals surface area contributed by atoms with Gasteiger partial charge >= 0.3 is 5.97 Å². The summed E-state index contributed by atoms with van der Waals surface area (Å²) in [5.74, 6) is -1.32. The molecule has 2 N–H and O–H groups in total. The minimum Gasteiger partial charge on any atom is -0.493 e. The highest BCUT2D eigenvalue weighted by molar-refractivity contribution is 6.31. The quantitative estimate of drug-likeness (QED) is 0.765. The van der Waals surface area contributed by atoms with Gasteiger partial charge in [-0.05, 0) is 30.2 Å². The van der Waals surface area contributed by atoms with Gasteiger partial charge in [0.25, 0.3) is 0 Å². The summed E-state index contributed by atoms with van der Waals surface area (Å²) < 4.78 is 10.4. The van der Waals surface area contributed by atoms with Crippen LogP contribution in [-0.4, -0.2) is 31.2 Å². The first-order chi connectivity index (χ1) is 12.4. The number of nitrogens with one attached hydrogen (secondary N) is 1. The number of carboxylic acids is 1. The fraction of sp³-hybridized carbons (Fsp3) is 0.263. The van der Waals surface area contributed by atoms with Crippen molar-refractivity contribution >= 4 is 29.2 Å². The van der Waals surface area contributed by atoms with E-state index in [1.54, 1.807) is 13.0 Å². The zero-order valence-electron chi connectivity index (χ0n) is 14.7. The van der Waals surface area contributed by atoms with Crippen LogP contribution >= 0.6 is 11.6 Å². The van der Waals surface area contributed by atoms with E-state index in [0.717, 1.165) is 5.56 Å². The van der Waals surface area contributed by atoms with Gasteiger partial charge in [0.2, 0.25) is 5.91 Å². The summed E-state index contributed by atoms with van der Waals surface area (Å²) in [6.45, 7) is 1.77. The van der Waals surface area contributed by atoms with Gasteiger partial charge in [-0.15, -0.1) is 0 Å². The van der Waals surface area contributed by atoms with Crippen LogP contribution in [0.15, 0.2) is 36.4 Å². The highest BCUT2D eigenvalue weighted by Gasteiger charge is 2.20. The van der Waals surface area contributed by atoms with Crippen molar-refractivity contribution in [2.24, 2.45) is 5.92 Å². The number of ether oxygens (including phenoxy) is 2. The standard InChI is InChI=1S/C19H20ClNO5/c1-11(8-12-6-4-5-7-14(12)20)18(22)21-15-9-13(19(23)24)10-16(25-2)17(15)26-3/h4-7,9-11H,8H2,1-3H3,(H,21,22)(H,23,24). The molecule has 0 heterocycles. The third-order valence-corrected chi connectivity index (χ3v) is 4.28. The zero-order valence-corrected chi connectivity index (χ0v) is 15.5. The Morgan fingerprint density at radius 3 is 2.46 bits per heavy atom. The molecular weight excluding hydrogens is 358 g/mol. The van der Waals surface area contributed by atoms with Gasteiger partial charge < -0.3 is 19.9 Å². The molecule has 0 fully saturated rings. The van der Waals surface area contributed by atoms with E-state index in [4.69, 9.17) is 21.1 Å². The summed E-state index contributed by atoms with van der Waals surface area (Å²) in [5, 5.41) is 12.6. The lowest BCUT2D eigenvalue weighted by Gasteiger charge is -2.17. The van der Waals surface area contributed by atoms with E-state index in [0.29, 0.717) is 11.4 Å². The van der Waals surface area contributed by atoms with Crippen molar-refractivity contribution in [2.45, 2.75) is 13.3 Å². The number of amides is 1. The molecule has 6 nitrogen and oxygen atoms in total. The molecule has 0 radical (unpaired) electrons. The van der Waals surface area contributed by atoms with Crippen LogP contribution in [0.4, 0.5) is 5.69 Å². The Hall–Kier alpha value is -2.73. The Morgan fingerprint density at radius 1 is 1.19 bits per heavy atom. The molecule has 0 bridgehead atoms. The number of halogens is 1. The topological polar surface area (TPSA) is 84.9 Å². The fourth-order valence-corrected chi connectivity index (χ4v) is 2.74. The maximum atomic E-state index is 12.6. The Labute approximate surface area is 156 Å². The van der Waals surface area contributed by atoms with Crippen molar-refractivity contribution in [2.75, 3.05) is 19.5 Å². The van der Waals surface area contributed by atoms with Gasteiger partial charge in [-0.25, -0.2) is 4.79 Å². The van der Waals surface area contributed by atoms with Gasteiger partial charge in [-0.2, -0.15) is 0 Å². The third kappa shape index (κ3) is 4.46. The van der Waals surface area contributed by atoms with E-state index in [2.05, 4.69) is 5.32 Å². The minimum atomic E-state index is -1.13. The normalized spacial score (nSPS) is 11.5. The highest BCUT2D eigenvalue weighted by atomic mass is 35.5. The van der Waals surface area contributed by atoms with E-state index in [9.17, 15) is 14.7 Å². The maximum absolute atomic E-state index is 12.6. The molecule has 0 spiro atoms. The summed E-state index contributed by atoms with van der Waals surface area (Å²) in [5.41, 5.74) is 1.08. The number of hydrogen-bond acceptors (Lipinski definition) is 4. The average Bonchev–Trinajstić information content (AvgIpc) is 2.62. The van der Waals surface area contributed by atoms with Crippen molar-refractivity contribution in [3.63, 3.8) is 0 Å². The molecule has 0 aliphatic heterocycles. The lowest BCUT2D eigenvalue weighted by molar-refractivity contribution is -0.119. The van der Waals surface area contributed by atoms with Crippen molar-refractivity contribution < 1.29 is 24.2 Å². The van der Waals surface area contributed by atoms with Gasteiger partial charge in [0, 0.05) is 10.9 Å². The molecule has 2 aromatic carbocycles. The van der Waals surface area contributed by atoms with Gasteiger partial charge in [-0.1, -0.05) is 36.7 Å². The lowest BCUT2D eigenvalue weighted by Crippen LogP contribution is -2.23. The van der Waals surface area contributed by atoms with Crippen molar-refractivity contribution in [1.82, 2.24) is 0 Å². The van der Waals surface area contributed by atoms with Crippen LogP contribution in [0.3, 0.4) is 0 Å². The Kier molecular flexibility index (Phi) is 6.46. The number of aromatic carboxylic acids is 1. The van der Waals surface area contributed by atoms with Crippen LogP contribution in [0.1, 0.15) is 22.8 Å². The number of benzene rings is 2. The van der Waals surface area contributed by atoms with Gasteiger partial charge in [0.05, 0.1) is 25.5 Å². The molecule has 2 rings (SSSR count). The predicted octanol–water partition coefficient (Wildman–Crippen LogP) is 3.87. The molecule has 26 heavy (non-hydrogen) atoms. The van der Waals surface area contributed by atoms with Gasteiger partial charge in [0.1, 0.15) is 0 Å². The minimum absolute atomic E-state index is 0.0169. The highest BCUT2D eigenvalue weighted by Crippen LogP contribution is 2.37. The smallest absolute Gasteiger partial charge is 0.335 e. The summed E-state index contributed by atoms with van der Waals surface area (Å²) in [7, 11) is 2.82. The van der Waals surface area contributed by atoms with Crippen molar-refractivity contribution in [3.8, 4) is 11.5 Å². The molecule has 1 atom stereocenters. The Balaban J connectivity index is 2.25. The molecule has 0 aliphatic carbocycles. The summed E-state index contributed by atoms with van der Waals surface area (Å²) in [6, 6.07) is 9.99. The second kappa shape index (κ2) is 8.58. The largest absolute Gasteiger partial charge is 0.493 e. The van der Waals surface area contributed by atoms with E-state index in [1.807, 2.05) is 18.2 Å². The van der Waals surface area contributed by atoms with E-state index >= 15 is 0 Å². The average molecular weight is 378 g/mol. The molecular formula is C19H20ClNO5. The van der Waals surface area contributed by atoms with Crippen LogP contribution in [0.25, 0.3) is 0 Å². The number of anilines is 1. The van der Waals surface area contributed by atoms with E-state index in [-0.39, 0.29) is 34.6 Å². The molecule has 0 aliphatic rings. The number of carbonyl (C=O) groups excluding carboxylic acids is 1. The van der Waals surface area contributed by atoms with Crippen LogP contribution in [0, 0.1) is 5.92 Å². The maximum Gasteiger partial charge on any atom is 0.335 e. The summed E-state index contributed by atoms with van der Waals surface area (Å²) in [4.78, 5) is 23.9. The molecule has 2 aromatic rings. The summed E-state index contributed by atoms with van der Waals surface area (Å²) >= 11 is 6.14. The van der Waals surface area contributed by atoms with Crippen LogP contribution in [0.2, 0.25) is 5.02 Å². The number of carboxylic acid groups (broad SMARTS) is 1. The lowest BCUT2D eigenvalue weighted by atomic mass is 10.00. The molecule has 1 amide bonds. The predicted molar refractivity (Wildman–Crippen MR) is 99.5 cm³/mol. The first kappa shape index (κ1) is 19.6. The number of hydrogen-bond donors (Lipinski definition) is 2. The van der Waals surface area contributed by atoms with E-state index in [1.165, 1.54) is 26.4 Å². The van der Waals surface area contributed by atoms with Crippen molar-refractivity contribution in [1.29, 1.82) is 0 Å². The molecule has 1 unspecified atom stereocenters. The van der Waals surface area contributed by atoms with E-state index < -0.39 is 5.97 Å². The Morgan fingerprint density at radius 2 is 1.88 bits per heavy atom. The molecule has 0 saturated heterocycles. The van der Waals surface area contributed by atoms with Crippen LogP contribution in [-0.2, 0) is 11.2 Å². The number of carbonyl (C=O) groups is 2. The summed E-state index contributed by atoms with van der Waals surface area (Å²) in [6.07, 6.45) is 0.448. The fourth-order valence-electron chi connectivity index (χ4n) is 2.52. The second-order valence-electron chi connectivity index (χ2n) is 5.75. The number of methoxy groups -OCH3 is 2. The third-order valence-electron chi connectivity index (χ3n) is 3.92. The van der Waals surface area contributed by atoms with Gasteiger partial charge in [-0.3, -0.25) is 4.79 Å². The van der Waals surface area contributed by atoms with Crippen molar-refractivity contribution in [3.05, 3.63) is 52.5 Å². The SMILES string of the molecule is COc1cc(C(=O)O)cc(NC(=O)C(C)Cc2ccccc2Cl)c1OC. The van der Waals surface area contributed by atoms with Crippen LogP contribution in [0.5, 0.6) is 11.5 Å². The zero-order chi connectivity index (χ0) is 19.3. The molecule has 0 aromatic heterocycles. The monoisotopic (exact) mass is 377 g/mol. The second-order valence-corrected chi connectivity index (χ2v) is 6.16. The Bertz CT molecular complexity index is 822. The van der Waals surface area contributed by atoms with Gasteiger partial charge in [0.15, 0.2) is 11.5 Å². The molecule has 138 valence electrons. The van der Waals surface area contributed by atoms with Crippen LogP contribution < -0.4 is 14.8 Å². The molecule has 0 saturated carbocycles.